The lowest BCUT2D eigenvalue weighted by atomic mass is 10.0. The first kappa shape index (κ1) is 22.2. The number of thioether (sulfide) groups is 1. The van der Waals surface area contributed by atoms with Gasteiger partial charge >= 0.3 is 0 Å². The summed E-state index contributed by atoms with van der Waals surface area (Å²) in [6.45, 7) is 5.80. The molecule has 1 saturated heterocycles. The molecule has 1 unspecified atom stereocenters. The molecule has 160 valence electrons. The molecule has 1 aliphatic heterocycles. The SMILES string of the molecule is CCOc1ccc(C(=O)N2CCC(NC(=O)C(C)SCc3ccccc3)CC2)cc1. The summed E-state index contributed by atoms with van der Waals surface area (Å²) < 4.78 is 5.43. The second-order valence-electron chi connectivity index (χ2n) is 7.47. The fraction of sp³-hybridized carbons (Fsp3) is 0.417. The molecule has 5 nitrogen and oxygen atoms in total. The van der Waals surface area contributed by atoms with Gasteiger partial charge in [-0.15, -0.1) is 11.8 Å². The quantitative estimate of drug-likeness (QED) is 0.690. The predicted molar refractivity (Wildman–Crippen MR) is 122 cm³/mol. The molecule has 0 saturated carbocycles. The second-order valence-corrected chi connectivity index (χ2v) is 8.80. The molecule has 0 bridgehead atoms. The van der Waals surface area contributed by atoms with E-state index in [1.165, 1.54) is 5.56 Å². The van der Waals surface area contributed by atoms with Crippen molar-refractivity contribution in [3.63, 3.8) is 0 Å². The summed E-state index contributed by atoms with van der Waals surface area (Å²) in [6, 6.07) is 17.6. The molecule has 1 fully saturated rings. The van der Waals surface area contributed by atoms with Crippen LogP contribution in [0.5, 0.6) is 5.75 Å². The molecule has 1 aliphatic rings. The minimum atomic E-state index is -0.103. The summed E-state index contributed by atoms with van der Waals surface area (Å²) in [5.41, 5.74) is 1.90. The van der Waals surface area contributed by atoms with E-state index in [0.29, 0.717) is 25.3 Å². The molecule has 0 aromatic heterocycles. The molecule has 0 aliphatic carbocycles. The van der Waals surface area contributed by atoms with E-state index < -0.39 is 0 Å². The third-order valence-corrected chi connectivity index (χ3v) is 6.47. The van der Waals surface area contributed by atoms with E-state index >= 15 is 0 Å². The third-order valence-electron chi connectivity index (χ3n) is 5.25. The van der Waals surface area contributed by atoms with Crippen LogP contribution in [-0.2, 0) is 10.5 Å². The first-order chi connectivity index (χ1) is 14.6. The smallest absolute Gasteiger partial charge is 0.253 e. The zero-order chi connectivity index (χ0) is 21.3. The molecule has 0 radical (unpaired) electrons. The molecular weight excluding hydrogens is 396 g/mol. The van der Waals surface area contributed by atoms with Gasteiger partial charge in [-0.1, -0.05) is 30.3 Å². The van der Waals surface area contributed by atoms with Gasteiger partial charge in [0.2, 0.25) is 5.91 Å². The highest BCUT2D eigenvalue weighted by Crippen LogP contribution is 2.20. The van der Waals surface area contributed by atoms with Gasteiger partial charge in [-0.3, -0.25) is 9.59 Å². The highest BCUT2D eigenvalue weighted by Gasteiger charge is 2.26. The van der Waals surface area contributed by atoms with Crippen LogP contribution in [0.4, 0.5) is 0 Å². The lowest BCUT2D eigenvalue weighted by Crippen LogP contribution is -2.48. The molecule has 1 heterocycles. The van der Waals surface area contributed by atoms with Crippen LogP contribution in [0.15, 0.2) is 54.6 Å². The van der Waals surface area contributed by atoms with Crippen LogP contribution in [0.1, 0.15) is 42.6 Å². The molecule has 2 amide bonds. The average Bonchev–Trinajstić information content (AvgIpc) is 2.79. The number of carbonyl (C=O) groups excluding carboxylic acids is 2. The average molecular weight is 427 g/mol. The molecule has 30 heavy (non-hydrogen) atoms. The number of benzene rings is 2. The van der Waals surface area contributed by atoms with Gasteiger partial charge in [-0.2, -0.15) is 0 Å². The van der Waals surface area contributed by atoms with E-state index in [0.717, 1.165) is 24.3 Å². The van der Waals surface area contributed by atoms with Crippen molar-refractivity contribution in [1.82, 2.24) is 10.2 Å². The summed E-state index contributed by atoms with van der Waals surface area (Å²) >= 11 is 1.65. The Morgan fingerprint density at radius 3 is 2.40 bits per heavy atom. The summed E-state index contributed by atoms with van der Waals surface area (Å²) in [5, 5.41) is 3.06. The Labute approximate surface area is 183 Å². The number of likely N-dealkylation sites (tertiary alicyclic amines) is 1. The number of ether oxygens (including phenoxy) is 1. The van der Waals surface area contributed by atoms with Gasteiger partial charge in [0.25, 0.3) is 5.91 Å². The Morgan fingerprint density at radius 1 is 1.10 bits per heavy atom. The lowest BCUT2D eigenvalue weighted by molar-refractivity contribution is -0.121. The van der Waals surface area contributed by atoms with Crippen LogP contribution >= 0.6 is 11.8 Å². The van der Waals surface area contributed by atoms with Gasteiger partial charge in [-0.25, -0.2) is 0 Å². The van der Waals surface area contributed by atoms with Crippen LogP contribution in [0.3, 0.4) is 0 Å². The minimum Gasteiger partial charge on any atom is -0.494 e. The van der Waals surface area contributed by atoms with Gasteiger partial charge in [0.1, 0.15) is 5.75 Å². The Hall–Kier alpha value is -2.47. The van der Waals surface area contributed by atoms with Crippen molar-refractivity contribution in [2.24, 2.45) is 0 Å². The number of hydrogen-bond donors (Lipinski definition) is 1. The summed E-state index contributed by atoms with van der Waals surface area (Å²) in [6.07, 6.45) is 1.56. The van der Waals surface area contributed by atoms with Crippen molar-refractivity contribution in [1.29, 1.82) is 0 Å². The van der Waals surface area contributed by atoms with Crippen LogP contribution in [0, 0.1) is 0 Å². The number of amides is 2. The zero-order valence-electron chi connectivity index (χ0n) is 17.7. The van der Waals surface area contributed by atoms with Gasteiger partial charge in [0.05, 0.1) is 11.9 Å². The zero-order valence-corrected chi connectivity index (χ0v) is 18.5. The highest BCUT2D eigenvalue weighted by atomic mass is 32.2. The first-order valence-electron chi connectivity index (χ1n) is 10.5. The largest absolute Gasteiger partial charge is 0.494 e. The van der Waals surface area contributed by atoms with E-state index in [2.05, 4.69) is 17.4 Å². The molecule has 0 spiro atoms. The van der Waals surface area contributed by atoms with E-state index in [1.807, 2.05) is 61.2 Å². The molecule has 1 N–H and O–H groups in total. The number of piperidine rings is 1. The van der Waals surface area contributed by atoms with Gasteiger partial charge < -0.3 is 15.0 Å². The fourth-order valence-corrected chi connectivity index (χ4v) is 4.31. The summed E-state index contributed by atoms with van der Waals surface area (Å²) in [5.74, 6) is 1.71. The fourth-order valence-electron chi connectivity index (χ4n) is 3.46. The Bertz CT molecular complexity index is 818. The standard InChI is InChI=1S/C24H30N2O3S/c1-3-29-22-11-9-20(10-12-22)24(28)26-15-13-21(14-16-26)25-23(27)18(2)30-17-19-7-5-4-6-8-19/h4-12,18,21H,3,13-17H2,1-2H3,(H,25,27). The number of carbonyl (C=O) groups is 2. The molecular formula is C24H30N2O3S. The Balaban J connectivity index is 1.42. The molecule has 2 aromatic carbocycles. The monoisotopic (exact) mass is 426 g/mol. The summed E-state index contributed by atoms with van der Waals surface area (Å²) in [7, 11) is 0. The Morgan fingerprint density at radius 2 is 1.77 bits per heavy atom. The second kappa shape index (κ2) is 11.1. The summed E-state index contributed by atoms with van der Waals surface area (Å²) in [4.78, 5) is 27.1. The van der Waals surface area contributed by atoms with Crippen molar-refractivity contribution >= 4 is 23.6 Å². The number of nitrogens with one attached hydrogen (secondary N) is 1. The third kappa shape index (κ3) is 6.26. The topological polar surface area (TPSA) is 58.6 Å². The van der Waals surface area contributed by atoms with Crippen molar-refractivity contribution in [3.05, 3.63) is 65.7 Å². The maximum atomic E-state index is 12.7. The van der Waals surface area contributed by atoms with Crippen LogP contribution < -0.4 is 10.1 Å². The molecule has 6 heteroatoms. The van der Waals surface area contributed by atoms with Crippen molar-refractivity contribution in [2.75, 3.05) is 19.7 Å². The first-order valence-corrected chi connectivity index (χ1v) is 11.6. The van der Waals surface area contributed by atoms with Crippen molar-refractivity contribution in [2.45, 2.75) is 43.7 Å². The number of hydrogen-bond acceptors (Lipinski definition) is 4. The van der Waals surface area contributed by atoms with E-state index in [9.17, 15) is 9.59 Å². The predicted octanol–water partition coefficient (Wildman–Crippen LogP) is 4.13. The van der Waals surface area contributed by atoms with Gasteiger partial charge in [0, 0.05) is 30.4 Å². The van der Waals surface area contributed by atoms with Gasteiger partial charge in [0.15, 0.2) is 0 Å². The molecule has 1 atom stereocenters. The molecule has 2 aromatic rings. The lowest BCUT2D eigenvalue weighted by Gasteiger charge is -2.33. The normalized spacial score (nSPS) is 15.5. The van der Waals surface area contributed by atoms with E-state index in [-0.39, 0.29) is 23.1 Å². The number of rotatable bonds is 8. The number of nitrogens with zero attached hydrogens (tertiary/aromatic N) is 1. The maximum absolute atomic E-state index is 12.7. The maximum Gasteiger partial charge on any atom is 0.253 e. The van der Waals surface area contributed by atoms with Crippen LogP contribution in [0.2, 0.25) is 0 Å². The van der Waals surface area contributed by atoms with Crippen molar-refractivity contribution < 1.29 is 14.3 Å². The van der Waals surface area contributed by atoms with Crippen LogP contribution in [-0.4, -0.2) is 47.7 Å². The highest BCUT2D eigenvalue weighted by molar-refractivity contribution is 7.99. The van der Waals surface area contributed by atoms with E-state index in [1.54, 1.807) is 11.8 Å². The van der Waals surface area contributed by atoms with Crippen LogP contribution in [0.25, 0.3) is 0 Å². The van der Waals surface area contributed by atoms with Crippen molar-refractivity contribution in [3.8, 4) is 5.75 Å². The minimum absolute atomic E-state index is 0.0367. The Kier molecular flexibility index (Phi) is 8.20. The molecule has 3 rings (SSSR count). The van der Waals surface area contributed by atoms with Gasteiger partial charge in [-0.05, 0) is 56.5 Å². The van der Waals surface area contributed by atoms with E-state index in [4.69, 9.17) is 4.74 Å².